The highest BCUT2D eigenvalue weighted by atomic mass is 35.5. The standard InChI is InChI=1S/C29H34FN3O4.C25H26FN3O4.C23H24FN3O2.C17H13ClN2O.C6H5ClN2O2/c1-27(2,3)37-26(34)20-36-21-28(30)14-16-33(17-15-28)25-19-31-18-24(32-25)29(35,22-10-6-4-7-11-22)23-12-8-5-9-13-23;26-24(18-33-17-23(30)31)11-13-29(14-12-24)22-16-27-15-21(28-22)25(32,19-7-3-1-4-8-19)20-9-5-2-6-10-20;24-22(17-28)11-13-27(14-12-22)21-16-25-15-20(26-21)23(29,18-7-3-1-4-8-18)19-9-5-2-6-10-19;18-16-12-19-11-15(20-16)17(21,13-7-3-1-4-8-13)14-9-5-2-6-10-14;1-11-6(10)4-2-8-3-5(7)9-4/h4-13,18-19,35H,14-17,20-21H2,1-3H3;1-10,15-16,32H,11-14,17-18H2,(H,30,31);1-10,15-16,28-29H,11-14,17H2;1-12,21H;2-3H,1H3. The minimum absolute atomic E-state index is 0.111. The molecule has 0 spiro atoms. The lowest BCUT2D eigenvalue weighted by Crippen LogP contribution is -2.45. The Balaban J connectivity index is 0.000000154. The highest BCUT2D eigenvalue weighted by molar-refractivity contribution is 6.29. The van der Waals surface area contributed by atoms with Gasteiger partial charge in [0.25, 0.3) is 0 Å². The van der Waals surface area contributed by atoms with E-state index in [1.807, 2.05) is 257 Å². The Bertz CT molecular complexity index is 5640. The van der Waals surface area contributed by atoms with E-state index in [-0.39, 0.29) is 74.3 Å². The number of hydrogen-bond donors (Lipinski definition) is 6. The van der Waals surface area contributed by atoms with Crippen LogP contribution in [-0.2, 0) is 50.9 Å². The number of carbonyl (C=O) groups is 3. The lowest BCUT2D eigenvalue weighted by Gasteiger charge is -2.37. The summed E-state index contributed by atoms with van der Waals surface area (Å²) in [6.07, 6.45) is 16.4. The summed E-state index contributed by atoms with van der Waals surface area (Å²) < 4.78 is 64.7. The fourth-order valence-electron chi connectivity index (χ4n) is 15.3. The molecule has 3 aliphatic rings. The Labute approximate surface area is 767 Å². The van der Waals surface area contributed by atoms with Crippen molar-refractivity contribution in [2.45, 2.75) is 104 Å². The summed E-state index contributed by atoms with van der Waals surface area (Å²) in [6, 6.07) is 74.8. The van der Waals surface area contributed by atoms with E-state index >= 15 is 8.78 Å². The quantitative estimate of drug-likeness (QED) is 0.0289. The van der Waals surface area contributed by atoms with E-state index in [1.54, 1.807) is 58.0 Å². The predicted molar refractivity (Wildman–Crippen MR) is 490 cm³/mol. The molecule has 3 saturated heterocycles. The maximum atomic E-state index is 15.4. The molecule has 13 aromatic rings. The number of esters is 2. The van der Waals surface area contributed by atoms with Gasteiger partial charge in [0.15, 0.2) is 28.1 Å². The van der Waals surface area contributed by atoms with Crippen molar-refractivity contribution in [1.29, 1.82) is 0 Å². The number of nitrogens with zero attached hydrogens (tertiary/aromatic N) is 13. The molecule has 0 radical (unpaired) electrons. The fourth-order valence-corrected chi connectivity index (χ4v) is 15.6. The van der Waals surface area contributed by atoms with Crippen molar-refractivity contribution < 1.29 is 77.1 Å². The number of ether oxygens (including phenoxy) is 4. The van der Waals surface area contributed by atoms with Crippen molar-refractivity contribution in [3.63, 3.8) is 0 Å². The summed E-state index contributed by atoms with van der Waals surface area (Å²) in [5.74, 6) is -0.462. The molecule has 0 aliphatic carbocycles. The number of carboxylic acids is 1. The number of rotatable bonds is 25. The molecule has 0 atom stereocenters. The lowest BCUT2D eigenvalue weighted by atomic mass is 9.83. The van der Waals surface area contributed by atoms with Gasteiger partial charge < -0.3 is 64.3 Å². The van der Waals surface area contributed by atoms with Gasteiger partial charge in [0.1, 0.15) is 86.4 Å². The SMILES string of the molecule is CC(C)(C)OC(=O)COCC1(F)CCN(c2cncc(C(O)(c3ccccc3)c3ccccc3)n2)CC1.COC(=O)c1cncc(Cl)n1.O=C(O)COCC1(F)CCN(c2cncc(C(O)(c3ccccc3)c3ccccc3)n2)CC1.OC(c1ccccc1)(c1ccccc1)c1cncc(Cl)n1.OCC1(F)CCN(c2cncc(C(O)(c3ccccc3)c3ccccc3)n2)CC1. The van der Waals surface area contributed by atoms with Crippen LogP contribution in [0, 0.1) is 0 Å². The van der Waals surface area contributed by atoms with Crippen molar-refractivity contribution in [3.8, 4) is 0 Å². The maximum absolute atomic E-state index is 15.4. The van der Waals surface area contributed by atoms with Gasteiger partial charge in [-0.3, -0.25) is 24.9 Å². The minimum atomic E-state index is -1.58. The van der Waals surface area contributed by atoms with Gasteiger partial charge in [-0.05, 0) is 65.3 Å². The van der Waals surface area contributed by atoms with Gasteiger partial charge in [0, 0.05) is 77.8 Å². The molecule has 680 valence electrons. The number of aliphatic carboxylic acids is 1. The highest BCUT2D eigenvalue weighted by Gasteiger charge is 2.44. The van der Waals surface area contributed by atoms with Crippen LogP contribution in [0.15, 0.2) is 305 Å². The molecule has 0 bridgehead atoms. The van der Waals surface area contributed by atoms with Gasteiger partial charge in [-0.25, -0.2) is 52.5 Å². The first-order chi connectivity index (χ1) is 63.0. The van der Waals surface area contributed by atoms with E-state index in [9.17, 15) is 44.3 Å². The monoisotopic (exact) mass is 1820 g/mol. The summed E-state index contributed by atoms with van der Waals surface area (Å²) >= 11 is 11.4. The Hall–Kier alpha value is -12.9. The van der Waals surface area contributed by atoms with Crippen LogP contribution >= 0.6 is 23.2 Å². The molecule has 0 unspecified atom stereocenters. The van der Waals surface area contributed by atoms with E-state index in [0.29, 0.717) is 124 Å². The third kappa shape index (κ3) is 25.0. The molecule has 16 rings (SSSR count). The number of carboxylic acid groups (broad SMARTS) is 1. The zero-order chi connectivity index (χ0) is 93.1. The minimum Gasteiger partial charge on any atom is -0.480 e. The molecule has 26 nitrogen and oxygen atoms in total. The fraction of sp³-hybridized carbons (Fsp3) is 0.290. The number of aliphatic hydroxyl groups is 5. The van der Waals surface area contributed by atoms with Crippen molar-refractivity contribution in [3.05, 3.63) is 388 Å². The van der Waals surface area contributed by atoms with Crippen LogP contribution in [0.1, 0.15) is 137 Å². The third-order valence-corrected chi connectivity index (χ3v) is 22.7. The van der Waals surface area contributed by atoms with E-state index in [1.165, 1.54) is 31.9 Å². The normalized spacial score (nSPS) is 14.7. The van der Waals surface area contributed by atoms with E-state index in [0.717, 1.165) is 0 Å². The number of aromatic nitrogens is 10. The molecular weight excluding hydrogens is 1720 g/mol. The van der Waals surface area contributed by atoms with Gasteiger partial charge in [-0.15, -0.1) is 0 Å². The maximum Gasteiger partial charge on any atom is 0.358 e. The smallest absolute Gasteiger partial charge is 0.358 e. The van der Waals surface area contributed by atoms with Crippen molar-refractivity contribution in [1.82, 2.24) is 49.8 Å². The first-order valence-electron chi connectivity index (χ1n) is 42.4. The number of methoxy groups -OCH3 is 1. The number of carbonyl (C=O) groups excluding carboxylic acids is 2. The van der Waals surface area contributed by atoms with Gasteiger partial charge in [0.05, 0.1) is 88.9 Å². The van der Waals surface area contributed by atoms with Crippen molar-refractivity contribution >= 4 is 58.6 Å². The van der Waals surface area contributed by atoms with Crippen molar-refractivity contribution in [2.75, 3.05) is 94.1 Å². The van der Waals surface area contributed by atoms with Gasteiger partial charge >= 0.3 is 17.9 Å². The van der Waals surface area contributed by atoms with E-state index in [2.05, 4.69) is 39.6 Å². The molecule has 8 aromatic carbocycles. The van der Waals surface area contributed by atoms with Crippen LogP contribution < -0.4 is 14.7 Å². The first-order valence-corrected chi connectivity index (χ1v) is 43.1. The summed E-state index contributed by atoms with van der Waals surface area (Å²) in [7, 11) is 1.27. The second kappa shape index (κ2) is 44.6. The summed E-state index contributed by atoms with van der Waals surface area (Å²) in [6.45, 7) is 6.07. The molecule has 0 saturated carbocycles. The largest absolute Gasteiger partial charge is 0.480 e. The molecule has 131 heavy (non-hydrogen) atoms. The average molecular weight is 1820 g/mol. The number of piperidine rings is 3. The lowest BCUT2D eigenvalue weighted by molar-refractivity contribution is -0.161. The van der Waals surface area contributed by atoms with E-state index < -0.39 is 76.1 Å². The number of benzene rings is 8. The van der Waals surface area contributed by atoms with Crippen LogP contribution in [0.4, 0.5) is 30.6 Å². The molecule has 6 N–H and O–H groups in total. The zero-order valence-corrected chi connectivity index (χ0v) is 74.1. The summed E-state index contributed by atoms with van der Waals surface area (Å²) in [5.41, 5.74) is -3.93. The Kier molecular flexibility index (Phi) is 33.1. The summed E-state index contributed by atoms with van der Waals surface area (Å²) in [4.78, 5) is 82.0. The second-order valence-corrected chi connectivity index (χ2v) is 33.3. The number of anilines is 3. The van der Waals surface area contributed by atoms with Crippen molar-refractivity contribution in [2.24, 2.45) is 0 Å². The molecule has 8 heterocycles. The van der Waals surface area contributed by atoms with Crippen LogP contribution in [0.25, 0.3) is 0 Å². The third-order valence-electron chi connectivity index (χ3n) is 22.3. The van der Waals surface area contributed by atoms with Crippen LogP contribution in [0.5, 0.6) is 0 Å². The molecule has 0 amide bonds. The second-order valence-electron chi connectivity index (χ2n) is 32.5. The molecule has 5 aromatic heterocycles. The van der Waals surface area contributed by atoms with Gasteiger partial charge in [-0.1, -0.05) is 266 Å². The number of halogens is 5. The Morgan fingerprint density at radius 1 is 0.366 bits per heavy atom. The molecule has 3 aliphatic heterocycles. The van der Waals surface area contributed by atoms with Gasteiger partial charge in [-0.2, -0.15) is 0 Å². The molecule has 3 fully saturated rings. The number of alkyl halides is 3. The number of aliphatic hydroxyl groups excluding tert-OH is 1. The van der Waals surface area contributed by atoms with Crippen LogP contribution in [-0.4, -0.2) is 200 Å². The zero-order valence-electron chi connectivity index (χ0n) is 72.6. The number of hydrogen-bond acceptors (Lipinski definition) is 25. The Morgan fingerprint density at radius 3 is 0.870 bits per heavy atom. The van der Waals surface area contributed by atoms with Crippen LogP contribution in [0.2, 0.25) is 10.3 Å². The highest BCUT2D eigenvalue weighted by Crippen LogP contribution is 2.42. The van der Waals surface area contributed by atoms with E-state index in [4.69, 9.17) is 57.5 Å². The average Bonchev–Trinajstić information content (AvgIpc) is 0.684. The Morgan fingerprint density at radius 2 is 0.618 bits per heavy atom. The summed E-state index contributed by atoms with van der Waals surface area (Å²) in [5, 5.41) is 65.5. The topological polar surface area (TPSA) is 348 Å². The molecule has 31 heteroatoms. The molecular formula is C100H102Cl2F3N13O13. The predicted octanol–water partition coefficient (Wildman–Crippen LogP) is 15.0. The first kappa shape index (κ1) is 97.1. The van der Waals surface area contributed by atoms with Gasteiger partial charge in [0.2, 0.25) is 0 Å². The van der Waals surface area contributed by atoms with Crippen LogP contribution in [0.3, 0.4) is 0 Å².